The predicted octanol–water partition coefficient (Wildman–Crippen LogP) is 3.09. The molecule has 0 saturated heterocycles. The number of rotatable bonds is 6. The third kappa shape index (κ3) is 9.45. The second kappa shape index (κ2) is 9.77. The minimum absolute atomic E-state index is 0.412. The molecule has 0 fully saturated rings. The molecule has 1 heterocycles. The molecule has 3 N–H and O–H groups in total. The van der Waals surface area contributed by atoms with Crippen molar-refractivity contribution < 1.29 is 9.53 Å². The van der Waals surface area contributed by atoms with Crippen LogP contribution in [0.1, 0.15) is 32.6 Å². The summed E-state index contributed by atoms with van der Waals surface area (Å²) in [5, 5.41) is 11.1. The summed E-state index contributed by atoms with van der Waals surface area (Å²) in [5.41, 5.74) is -0.483. The first-order valence-corrected chi connectivity index (χ1v) is 9.19. The van der Waals surface area contributed by atoms with Crippen molar-refractivity contribution in [1.29, 1.82) is 0 Å². The van der Waals surface area contributed by atoms with Crippen molar-refractivity contribution in [1.82, 2.24) is 16.0 Å². The normalized spacial score (nSPS) is 12.0. The monoisotopic (exact) mass is 404 g/mol. The van der Waals surface area contributed by atoms with Crippen LogP contribution in [0.4, 0.5) is 4.79 Å². The summed E-state index contributed by atoms with van der Waals surface area (Å²) in [6.45, 7) is 9.95. The van der Waals surface area contributed by atoms with E-state index in [4.69, 9.17) is 4.74 Å². The van der Waals surface area contributed by atoms with E-state index in [1.54, 1.807) is 11.3 Å². The number of nitrogens with one attached hydrogen (secondary N) is 3. The quantitative estimate of drug-likeness (QED) is 0.386. The maximum atomic E-state index is 11.5. The van der Waals surface area contributed by atoms with Crippen LogP contribution in [-0.2, 0) is 11.3 Å². The Morgan fingerprint density at radius 3 is 2.57 bits per heavy atom. The van der Waals surface area contributed by atoms with Gasteiger partial charge < -0.3 is 20.7 Å². The number of amides is 1. The molecule has 0 aliphatic rings. The fourth-order valence-electron chi connectivity index (χ4n) is 1.60. The first-order valence-electron chi connectivity index (χ1n) is 7.52. The molecule has 1 rings (SSSR count). The van der Waals surface area contributed by atoms with Crippen LogP contribution >= 0.6 is 27.3 Å². The highest BCUT2D eigenvalue weighted by Crippen LogP contribution is 2.20. The Labute approximate surface area is 150 Å². The summed E-state index contributed by atoms with van der Waals surface area (Å²) in [5.74, 6) is 0.725. The zero-order chi connectivity index (χ0) is 17.3. The average molecular weight is 405 g/mol. The van der Waals surface area contributed by atoms with Gasteiger partial charge in [-0.2, -0.15) is 0 Å². The molecule has 0 radical (unpaired) electrons. The molecule has 1 aromatic heterocycles. The molecule has 1 amide bonds. The summed E-state index contributed by atoms with van der Waals surface area (Å²) in [7, 11) is 0. The van der Waals surface area contributed by atoms with Crippen LogP contribution in [0, 0.1) is 0 Å². The van der Waals surface area contributed by atoms with Gasteiger partial charge in [-0.05, 0) is 49.7 Å². The smallest absolute Gasteiger partial charge is 0.407 e. The lowest BCUT2D eigenvalue weighted by Gasteiger charge is -2.19. The molecule has 6 nitrogen and oxygen atoms in total. The van der Waals surface area contributed by atoms with Crippen molar-refractivity contribution in [2.45, 2.75) is 39.8 Å². The van der Waals surface area contributed by atoms with Gasteiger partial charge in [0.1, 0.15) is 5.60 Å². The highest BCUT2D eigenvalue weighted by Gasteiger charge is 2.15. The summed E-state index contributed by atoms with van der Waals surface area (Å²) >= 11 is 5.10. The molecule has 0 aromatic carbocycles. The Bertz CT molecular complexity index is 526. The Morgan fingerprint density at radius 2 is 2.00 bits per heavy atom. The van der Waals surface area contributed by atoms with Gasteiger partial charge in [0.05, 0.1) is 6.54 Å². The number of aliphatic imine (C=N–C) groups is 1. The number of nitrogens with zero attached hydrogens (tertiary/aromatic N) is 1. The zero-order valence-electron chi connectivity index (χ0n) is 14.0. The molecule has 1 aromatic rings. The first-order chi connectivity index (χ1) is 10.8. The molecule has 8 heteroatoms. The number of halogens is 1. The van der Waals surface area contributed by atoms with Gasteiger partial charge in [-0.15, -0.1) is 11.3 Å². The molecule has 0 aliphatic carbocycles. The Morgan fingerprint density at radius 1 is 1.30 bits per heavy atom. The maximum Gasteiger partial charge on any atom is 0.407 e. The summed E-state index contributed by atoms with van der Waals surface area (Å²) in [6.07, 6.45) is -0.412. The van der Waals surface area contributed by atoms with Crippen molar-refractivity contribution in [3.63, 3.8) is 0 Å². The first kappa shape index (κ1) is 19.8. The van der Waals surface area contributed by atoms with Crippen LogP contribution in [0.2, 0.25) is 0 Å². The minimum Gasteiger partial charge on any atom is -0.444 e. The van der Waals surface area contributed by atoms with Gasteiger partial charge in [0, 0.05) is 34.4 Å². The molecule has 0 saturated carbocycles. The van der Waals surface area contributed by atoms with Gasteiger partial charge in [-0.1, -0.05) is 0 Å². The number of carbonyl (C=O) groups excluding carboxylic acids is 1. The fourth-order valence-corrected chi connectivity index (χ4v) is 2.97. The van der Waals surface area contributed by atoms with E-state index in [0.29, 0.717) is 19.6 Å². The van der Waals surface area contributed by atoms with Gasteiger partial charge in [-0.3, -0.25) is 0 Å². The van der Waals surface area contributed by atoms with Crippen LogP contribution in [0.15, 0.2) is 20.9 Å². The standard InChI is InChI=1S/C15H25BrN4O2S/c1-5-17-13(20-9-12-8-11(16)10-23-12)18-6-7-19-14(21)22-15(2,3)4/h8,10H,5-7,9H2,1-4H3,(H,19,21)(H2,17,18,20). The zero-order valence-corrected chi connectivity index (χ0v) is 16.4. The molecule has 130 valence electrons. The predicted molar refractivity (Wildman–Crippen MR) is 99.1 cm³/mol. The van der Waals surface area contributed by atoms with Crippen molar-refractivity contribution in [2.24, 2.45) is 4.99 Å². The number of guanidine groups is 1. The molecule has 0 unspecified atom stereocenters. The summed E-state index contributed by atoms with van der Waals surface area (Å²) < 4.78 is 6.25. The highest BCUT2D eigenvalue weighted by molar-refractivity contribution is 9.10. The molecular weight excluding hydrogens is 380 g/mol. The van der Waals surface area contributed by atoms with E-state index in [2.05, 4.69) is 42.9 Å². The van der Waals surface area contributed by atoms with Gasteiger partial charge in [0.15, 0.2) is 5.96 Å². The molecular formula is C15H25BrN4O2S. The number of alkyl carbamates (subject to hydrolysis) is 1. The third-order valence-electron chi connectivity index (χ3n) is 2.44. The van der Waals surface area contributed by atoms with Crippen LogP contribution in [-0.4, -0.2) is 37.3 Å². The summed E-state index contributed by atoms with van der Waals surface area (Å²) in [4.78, 5) is 17.2. The average Bonchev–Trinajstić information content (AvgIpc) is 2.84. The lowest BCUT2D eigenvalue weighted by molar-refractivity contribution is 0.0529. The molecule has 0 spiro atoms. The van der Waals surface area contributed by atoms with E-state index in [1.165, 1.54) is 4.88 Å². The fraction of sp³-hybridized carbons (Fsp3) is 0.600. The number of hydrogen-bond acceptors (Lipinski definition) is 4. The van der Waals surface area contributed by atoms with E-state index in [0.717, 1.165) is 17.0 Å². The van der Waals surface area contributed by atoms with E-state index < -0.39 is 11.7 Å². The highest BCUT2D eigenvalue weighted by atomic mass is 79.9. The van der Waals surface area contributed by atoms with Gasteiger partial charge >= 0.3 is 6.09 Å². The molecule has 23 heavy (non-hydrogen) atoms. The van der Waals surface area contributed by atoms with Crippen LogP contribution in [0.5, 0.6) is 0 Å². The largest absolute Gasteiger partial charge is 0.444 e. The Balaban J connectivity index is 2.34. The Kier molecular flexibility index (Phi) is 8.40. The van der Waals surface area contributed by atoms with Crippen molar-refractivity contribution in [2.75, 3.05) is 19.6 Å². The van der Waals surface area contributed by atoms with Crippen LogP contribution in [0.25, 0.3) is 0 Å². The topological polar surface area (TPSA) is 74.8 Å². The van der Waals surface area contributed by atoms with Crippen molar-refractivity contribution >= 4 is 39.3 Å². The Hall–Kier alpha value is -1.28. The molecule has 0 aliphatic heterocycles. The van der Waals surface area contributed by atoms with Crippen molar-refractivity contribution in [3.05, 3.63) is 20.8 Å². The van der Waals surface area contributed by atoms with Gasteiger partial charge in [0.2, 0.25) is 0 Å². The van der Waals surface area contributed by atoms with Crippen molar-refractivity contribution in [3.8, 4) is 0 Å². The van der Waals surface area contributed by atoms with Crippen LogP contribution < -0.4 is 16.0 Å². The van der Waals surface area contributed by atoms with E-state index in [9.17, 15) is 4.79 Å². The molecule has 0 bridgehead atoms. The second-order valence-electron chi connectivity index (χ2n) is 5.78. The number of hydrogen-bond donors (Lipinski definition) is 3. The van der Waals surface area contributed by atoms with E-state index in [1.807, 2.05) is 33.1 Å². The maximum absolute atomic E-state index is 11.5. The number of carbonyl (C=O) groups is 1. The van der Waals surface area contributed by atoms with Crippen LogP contribution in [0.3, 0.4) is 0 Å². The lowest BCUT2D eigenvalue weighted by atomic mass is 10.2. The second-order valence-corrected chi connectivity index (χ2v) is 7.69. The summed E-state index contributed by atoms with van der Waals surface area (Å²) in [6, 6.07) is 2.06. The van der Waals surface area contributed by atoms with Gasteiger partial charge in [0.25, 0.3) is 0 Å². The number of ether oxygens (including phenoxy) is 1. The van der Waals surface area contributed by atoms with Gasteiger partial charge in [-0.25, -0.2) is 9.79 Å². The van der Waals surface area contributed by atoms with E-state index >= 15 is 0 Å². The SMILES string of the molecule is CCNC(=NCc1cc(Br)cs1)NCCNC(=O)OC(C)(C)C. The lowest BCUT2D eigenvalue weighted by Crippen LogP contribution is -2.42. The molecule has 0 atom stereocenters. The number of thiophene rings is 1. The third-order valence-corrected chi connectivity index (χ3v) is 4.13. The minimum atomic E-state index is -0.483. The van der Waals surface area contributed by atoms with E-state index in [-0.39, 0.29) is 0 Å².